The highest BCUT2D eigenvalue weighted by atomic mass is 16.2. The number of H-pyrrole nitrogens is 1. The third kappa shape index (κ3) is 3.50. The van der Waals surface area contributed by atoms with Gasteiger partial charge in [0.1, 0.15) is 11.9 Å². The van der Waals surface area contributed by atoms with Gasteiger partial charge in [-0.1, -0.05) is 30.3 Å². The van der Waals surface area contributed by atoms with Crippen LogP contribution in [-0.4, -0.2) is 49.1 Å². The summed E-state index contributed by atoms with van der Waals surface area (Å²) in [5.74, 6) is 0.930. The Kier molecular flexibility index (Phi) is 4.29. The van der Waals surface area contributed by atoms with Crippen molar-refractivity contribution in [1.29, 1.82) is 0 Å². The van der Waals surface area contributed by atoms with Gasteiger partial charge in [-0.2, -0.15) is 0 Å². The molecule has 27 heavy (non-hydrogen) atoms. The second-order valence-electron chi connectivity index (χ2n) is 6.23. The smallest absolute Gasteiger partial charge is 0.289 e. The molecule has 138 valence electrons. The highest BCUT2D eigenvalue weighted by Gasteiger charge is 2.28. The third-order valence-corrected chi connectivity index (χ3v) is 4.24. The molecule has 1 atom stereocenters. The zero-order valence-corrected chi connectivity index (χ0v) is 14.6. The number of aromatic amines is 1. The van der Waals surface area contributed by atoms with Crippen LogP contribution in [0.25, 0.3) is 0 Å². The molecular weight excluding hydrogens is 348 g/mol. The van der Waals surface area contributed by atoms with Crippen LogP contribution < -0.4 is 16.0 Å². The molecule has 0 bridgehead atoms. The van der Waals surface area contributed by atoms with Crippen LogP contribution in [-0.2, 0) is 18.3 Å². The molecule has 10 heteroatoms. The van der Waals surface area contributed by atoms with Crippen LogP contribution in [0.1, 0.15) is 22.0 Å². The van der Waals surface area contributed by atoms with Gasteiger partial charge in [-0.3, -0.25) is 9.59 Å². The molecule has 1 aliphatic heterocycles. The lowest BCUT2D eigenvalue weighted by Crippen LogP contribution is -2.47. The Hall–Kier alpha value is -3.69. The fourth-order valence-electron chi connectivity index (χ4n) is 2.81. The zero-order valence-electron chi connectivity index (χ0n) is 14.6. The molecule has 3 aromatic rings. The highest BCUT2D eigenvalue weighted by molar-refractivity contribution is 6.01. The highest BCUT2D eigenvalue weighted by Crippen LogP contribution is 2.21. The number of fused-ring (bicyclic) bond motifs is 1. The fraction of sp³-hybridized carbons (Fsp3) is 0.235. The molecule has 2 aromatic heterocycles. The van der Waals surface area contributed by atoms with Gasteiger partial charge in [0.25, 0.3) is 5.91 Å². The van der Waals surface area contributed by atoms with E-state index in [9.17, 15) is 9.59 Å². The first-order valence-electron chi connectivity index (χ1n) is 8.42. The number of rotatable bonds is 4. The Bertz CT molecular complexity index is 978. The number of carbonyl (C=O) groups excluding carboxylic acids is 2. The first-order valence-corrected chi connectivity index (χ1v) is 8.42. The number of hydrogen-bond donors (Lipinski definition) is 4. The fourth-order valence-corrected chi connectivity index (χ4v) is 2.81. The second-order valence-corrected chi connectivity index (χ2v) is 6.23. The van der Waals surface area contributed by atoms with Gasteiger partial charge in [0.2, 0.25) is 11.7 Å². The van der Waals surface area contributed by atoms with Gasteiger partial charge in [-0.25, -0.2) is 4.98 Å². The van der Waals surface area contributed by atoms with Crippen molar-refractivity contribution in [1.82, 2.24) is 30.0 Å². The summed E-state index contributed by atoms with van der Waals surface area (Å²) >= 11 is 0. The molecule has 0 spiro atoms. The number of carbonyl (C=O) groups is 2. The number of anilines is 2. The Morgan fingerprint density at radius 1 is 1.30 bits per heavy atom. The first-order chi connectivity index (χ1) is 13.1. The maximum absolute atomic E-state index is 12.4. The van der Waals surface area contributed by atoms with Crippen LogP contribution in [0.3, 0.4) is 0 Å². The summed E-state index contributed by atoms with van der Waals surface area (Å²) in [6.45, 7) is 0.215. The van der Waals surface area contributed by atoms with Gasteiger partial charge >= 0.3 is 0 Å². The SMILES string of the molecule is Cn1cnc2c1NC(=O)[C@@H](NC(=O)c1nnc(Cc3ccccc3)[nH]1)CN2. The number of nitrogens with zero attached hydrogens (tertiary/aromatic N) is 4. The molecule has 0 saturated heterocycles. The molecule has 0 fully saturated rings. The topological polar surface area (TPSA) is 130 Å². The average Bonchev–Trinajstić information content (AvgIpc) is 3.23. The summed E-state index contributed by atoms with van der Waals surface area (Å²) in [7, 11) is 1.77. The standard InChI is InChI=1S/C17H18N8O2/c1-25-9-19-13-15(25)22-16(26)11(8-18-13)20-17(27)14-21-12(23-24-14)7-10-5-3-2-4-6-10/h2-6,9,11,18H,7-8H2,1H3,(H,20,27)(H,22,26)(H,21,23,24)/t11-/m0/s1. The van der Waals surface area contributed by atoms with Gasteiger partial charge in [-0.15, -0.1) is 10.2 Å². The van der Waals surface area contributed by atoms with Gasteiger partial charge in [-0.05, 0) is 5.56 Å². The van der Waals surface area contributed by atoms with E-state index >= 15 is 0 Å². The van der Waals surface area contributed by atoms with E-state index in [0.29, 0.717) is 23.9 Å². The molecule has 1 aromatic carbocycles. The van der Waals surface area contributed by atoms with Gasteiger partial charge in [0, 0.05) is 20.0 Å². The minimum absolute atomic E-state index is 0.0635. The van der Waals surface area contributed by atoms with E-state index < -0.39 is 11.9 Å². The quantitative estimate of drug-likeness (QED) is 0.525. The molecular formula is C17H18N8O2. The van der Waals surface area contributed by atoms with Crippen LogP contribution in [0.15, 0.2) is 36.7 Å². The lowest BCUT2D eigenvalue weighted by Gasteiger charge is -2.14. The molecule has 0 radical (unpaired) electrons. The van der Waals surface area contributed by atoms with Crippen molar-refractivity contribution < 1.29 is 9.59 Å². The van der Waals surface area contributed by atoms with E-state index in [2.05, 4.69) is 36.1 Å². The summed E-state index contributed by atoms with van der Waals surface area (Å²) in [5, 5.41) is 16.3. The lowest BCUT2D eigenvalue weighted by molar-refractivity contribution is -0.117. The van der Waals surface area contributed by atoms with Gasteiger partial charge in [0.05, 0.1) is 6.33 Å². The number of amides is 2. The normalized spacial score (nSPS) is 16.0. The van der Waals surface area contributed by atoms with Crippen LogP contribution in [0.2, 0.25) is 0 Å². The molecule has 4 N–H and O–H groups in total. The Balaban J connectivity index is 1.41. The lowest BCUT2D eigenvalue weighted by atomic mass is 10.1. The molecule has 2 amide bonds. The molecule has 0 unspecified atom stereocenters. The molecule has 10 nitrogen and oxygen atoms in total. The van der Waals surface area contributed by atoms with Crippen molar-refractivity contribution in [3.05, 3.63) is 53.9 Å². The minimum Gasteiger partial charge on any atom is -0.364 e. The van der Waals surface area contributed by atoms with Crippen LogP contribution >= 0.6 is 0 Å². The van der Waals surface area contributed by atoms with E-state index in [1.807, 2.05) is 30.3 Å². The van der Waals surface area contributed by atoms with Crippen molar-refractivity contribution in [2.24, 2.45) is 7.05 Å². The Labute approximate surface area is 154 Å². The first kappa shape index (κ1) is 16.8. The molecule has 1 aliphatic rings. The maximum Gasteiger partial charge on any atom is 0.289 e. The number of benzene rings is 1. The minimum atomic E-state index is -0.769. The van der Waals surface area contributed by atoms with Crippen molar-refractivity contribution in [2.45, 2.75) is 12.5 Å². The van der Waals surface area contributed by atoms with E-state index in [0.717, 1.165) is 5.56 Å². The van der Waals surface area contributed by atoms with Gasteiger partial charge in [0.15, 0.2) is 11.6 Å². The van der Waals surface area contributed by atoms with E-state index in [4.69, 9.17) is 0 Å². The number of imidazole rings is 1. The predicted octanol–water partition coefficient (Wildman–Crippen LogP) is 0.292. The summed E-state index contributed by atoms with van der Waals surface area (Å²) in [5.41, 5.74) is 1.05. The molecule has 4 rings (SSSR count). The van der Waals surface area contributed by atoms with E-state index in [1.54, 1.807) is 17.9 Å². The van der Waals surface area contributed by atoms with Crippen LogP contribution in [0.4, 0.5) is 11.6 Å². The Morgan fingerprint density at radius 3 is 2.93 bits per heavy atom. The Morgan fingerprint density at radius 2 is 2.11 bits per heavy atom. The number of nitrogens with one attached hydrogen (secondary N) is 4. The van der Waals surface area contributed by atoms with Crippen molar-refractivity contribution in [3.8, 4) is 0 Å². The van der Waals surface area contributed by atoms with Crippen molar-refractivity contribution in [3.63, 3.8) is 0 Å². The number of aryl methyl sites for hydroxylation is 1. The van der Waals surface area contributed by atoms with Crippen LogP contribution in [0.5, 0.6) is 0 Å². The zero-order chi connectivity index (χ0) is 18.8. The summed E-state index contributed by atoms with van der Waals surface area (Å²) < 4.78 is 1.69. The summed E-state index contributed by atoms with van der Waals surface area (Å²) in [6.07, 6.45) is 2.13. The second kappa shape index (κ2) is 6.90. The third-order valence-electron chi connectivity index (χ3n) is 4.24. The van der Waals surface area contributed by atoms with E-state index in [1.165, 1.54) is 0 Å². The summed E-state index contributed by atoms with van der Waals surface area (Å²) in [4.78, 5) is 31.9. The summed E-state index contributed by atoms with van der Waals surface area (Å²) in [6, 6.07) is 8.97. The molecule has 0 aliphatic carbocycles. The van der Waals surface area contributed by atoms with Gasteiger partial charge < -0.3 is 25.5 Å². The molecule has 0 saturated carbocycles. The predicted molar refractivity (Wildman–Crippen MR) is 97.2 cm³/mol. The maximum atomic E-state index is 12.4. The monoisotopic (exact) mass is 366 g/mol. The molecule has 3 heterocycles. The number of hydrogen-bond acceptors (Lipinski definition) is 6. The average molecular weight is 366 g/mol. The van der Waals surface area contributed by atoms with Crippen molar-refractivity contribution >= 4 is 23.5 Å². The largest absolute Gasteiger partial charge is 0.364 e. The van der Waals surface area contributed by atoms with E-state index in [-0.39, 0.29) is 18.3 Å². The van der Waals surface area contributed by atoms with Crippen molar-refractivity contribution in [2.75, 3.05) is 17.2 Å². The number of aromatic nitrogens is 5. The van der Waals surface area contributed by atoms with Crippen LogP contribution in [0, 0.1) is 0 Å².